The number of carbonyl (C=O) groups excluding carboxylic acids is 1. The molecule has 0 spiro atoms. The first kappa shape index (κ1) is 25.4. The molecule has 0 radical (unpaired) electrons. The Bertz CT molecular complexity index is 1360. The zero-order valence-corrected chi connectivity index (χ0v) is 19.4. The number of halogens is 3. The van der Waals surface area contributed by atoms with Gasteiger partial charge in [0.05, 0.1) is 11.1 Å². The highest BCUT2D eigenvalue weighted by Gasteiger charge is 2.30. The standard InChI is InChI=1S/C28H22F3N3O3/c29-28(30,31)24-11-13-25(14-12-24)33-27(37)34(18-20-2-1-15-32-16-20)17-19-3-5-21(6-4-19)22-7-9-23(10-8-22)26(35)36/h1-16H,17-18H2,(H,33,37)(H,35,36). The number of nitrogens with one attached hydrogen (secondary N) is 1. The van der Waals surface area contributed by atoms with Crippen LogP contribution in [0.5, 0.6) is 0 Å². The molecule has 6 nitrogen and oxygen atoms in total. The zero-order chi connectivity index (χ0) is 26.4. The normalized spacial score (nSPS) is 11.1. The van der Waals surface area contributed by atoms with E-state index in [0.29, 0.717) is 0 Å². The Balaban J connectivity index is 1.50. The first-order valence-corrected chi connectivity index (χ1v) is 11.2. The van der Waals surface area contributed by atoms with E-state index in [1.807, 2.05) is 30.3 Å². The van der Waals surface area contributed by atoms with Gasteiger partial charge >= 0.3 is 18.2 Å². The third-order valence-electron chi connectivity index (χ3n) is 5.64. The van der Waals surface area contributed by atoms with Crippen LogP contribution in [-0.4, -0.2) is 27.0 Å². The van der Waals surface area contributed by atoms with Crippen molar-refractivity contribution in [2.24, 2.45) is 0 Å². The maximum absolute atomic E-state index is 13.1. The first-order chi connectivity index (χ1) is 17.7. The molecule has 0 saturated heterocycles. The van der Waals surface area contributed by atoms with E-state index in [1.54, 1.807) is 30.6 Å². The Morgan fingerprint density at radius 3 is 1.95 bits per heavy atom. The van der Waals surface area contributed by atoms with Crippen LogP contribution < -0.4 is 5.32 Å². The summed E-state index contributed by atoms with van der Waals surface area (Å²) in [6.45, 7) is 0.471. The fourth-order valence-electron chi connectivity index (χ4n) is 3.68. The summed E-state index contributed by atoms with van der Waals surface area (Å²) in [5, 5.41) is 11.7. The highest BCUT2D eigenvalue weighted by atomic mass is 19.4. The second-order valence-corrected chi connectivity index (χ2v) is 8.30. The smallest absolute Gasteiger partial charge is 0.416 e. The molecule has 37 heavy (non-hydrogen) atoms. The Labute approximate surface area is 211 Å². The molecule has 0 fully saturated rings. The van der Waals surface area contributed by atoms with Crippen molar-refractivity contribution in [2.75, 3.05) is 5.32 Å². The van der Waals surface area contributed by atoms with E-state index in [2.05, 4.69) is 10.3 Å². The van der Waals surface area contributed by atoms with Crippen LogP contribution in [0.1, 0.15) is 27.0 Å². The number of alkyl halides is 3. The predicted octanol–water partition coefficient (Wildman–Crippen LogP) is 6.70. The van der Waals surface area contributed by atoms with Crippen molar-refractivity contribution in [3.05, 3.63) is 120 Å². The Kier molecular flexibility index (Phi) is 7.52. The topological polar surface area (TPSA) is 82.5 Å². The number of carbonyl (C=O) groups is 2. The third-order valence-corrected chi connectivity index (χ3v) is 5.64. The summed E-state index contributed by atoms with van der Waals surface area (Å²) in [4.78, 5) is 29.8. The minimum absolute atomic E-state index is 0.200. The molecule has 9 heteroatoms. The number of anilines is 1. The number of aromatic carboxylic acids is 1. The molecule has 4 rings (SSSR count). The van der Waals surface area contributed by atoms with Gasteiger partial charge in [-0.05, 0) is 64.7 Å². The van der Waals surface area contributed by atoms with Crippen LogP contribution in [0.3, 0.4) is 0 Å². The highest BCUT2D eigenvalue weighted by molar-refractivity contribution is 5.89. The summed E-state index contributed by atoms with van der Waals surface area (Å²) >= 11 is 0. The van der Waals surface area contributed by atoms with E-state index in [-0.39, 0.29) is 24.3 Å². The number of rotatable bonds is 7. The molecule has 2 amide bonds. The van der Waals surface area contributed by atoms with E-state index < -0.39 is 23.7 Å². The van der Waals surface area contributed by atoms with Crippen molar-refractivity contribution >= 4 is 17.7 Å². The molecule has 0 aliphatic rings. The molecule has 2 N–H and O–H groups in total. The third kappa shape index (κ3) is 6.72. The van der Waals surface area contributed by atoms with E-state index in [9.17, 15) is 22.8 Å². The van der Waals surface area contributed by atoms with Crippen LogP contribution >= 0.6 is 0 Å². The van der Waals surface area contributed by atoms with Gasteiger partial charge in [0.2, 0.25) is 0 Å². The maximum Gasteiger partial charge on any atom is 0.416 e. The number of hydrogen-bond acceptors (Lipinski definition) is 3. The molecule has 1 aromatic heterocycles. The number of benzene rings is 3. The molecule has 3 aromatic carbocycles. The lowest BCUT2D eigenvalue weighted by molar-refractivity contribution is -0.137. The minimum atomic E-state index is -4.46. The molecule has 0 aliphatic carbocycles. The fourth-order valence-corrected chi connectivity index (χ4v) is 3.68. The van der Waals surface area contributed by atoms with Gasteiger partial charge in [-0.15, -0.1) is 0 Å². The summed E-state index contributed by atoms with van der Waals surface area (Å²) in [5.74, 6) is -0.995. The van der Waals surface area contributed by atoms with Crippen molar-refractivity contribution in [3.8, 4) is 11.1 Å². The Morgan fingerprint density at radius 1 is 0.811 bits per heavy atom. The van der Waals surface area contributed by atoms with Gasteiger partial charge in [0.25, 0.3) is 0 Å². The first-order valence-electron chi connectivity index (χ1n) is 11.2. The monoisotopic (exact) mass is 505 g/mol. The molecule has 0 aliphatic heterocycles. The van der Waals surface area contributed by atoms with Gasteiger partial charge in [0.1, 0.15) is 0 Å². The van der Waals surface area contributed by atoms with Crippen molar-refractivity contribution in [1.82, 2.24) is 9.88 Å². The number of carboxylic acids is 1. The van der Waals surface area contributed by atoms with Gasteiger partial charge < -0.3 is 15.3 Å². The molecule has 0 saturated carbocycles. The molecule has 1 heterocycles. The molecule has 4 aromatic rings. The van der Waals surface area contributed by atoms with Crippen LogP contribution in [0.2, 0.25) is 0 Å². The Morgan fingerprint density at radius 2 is 1.41 bits per heavy atom. The molecule has 0 unspecified atom stereocenters. The van der Waals surface area contributed by atoms with Crippen LogP contribution in [0.15, 0.2) is 97.3 Å². The quantitative estimate of drug-likeness (QED) is 0.293. The van der Waals surface area contributed by atoms with Crippen LogP contribution in [0.4, 0.5) is 23.7 Å². The molecule has 0 bridgehead atoms. The van der Waals surface area contributed by atoms with Gasteiger partial charge in [-0.25, -0.2) is 9.59 Å². The van der Waals surface area contributed by atoms with Crippen LogP contribution in [0, 0.1) is 0 Å². The predicted molar refractivity (Wildman–Crippen MR) is 133 cm³/mol. The van der Waals surface area contributed by atoms with Gasteiger partial charge in [-0.3, -0.25) is 4.98 Å². The lowest BCUT2D eigenvalue weighted by atomic mass is 10.0. The van der Waals surface area contributed by atoms with E-state index in [1.165, 1.54) is 29.2 Å². The summed E-state index contributed by atoms with van der Waals surface area (Å²) in [5.41, 5.74) is 3.00. The largest absolute Gasteiger partial charge is 0.478 e. The number of hydrogen-bond donors (Lipinski definition) is 2. The molecule has 188 valence electrons. The van der Waals surface area contributed by atoms with Crippen molar-refractivity contribution in [3.63, 3.8) is 0 Å². The van der Waals surface area contributed by atoms with Crippen molar-refractivity contribution in [2.45, 2.75) is 19.3 Å². The second-order valence-electron chi connectivity index (χ2n) is 8.30. The number of amides is 2. The molecular formula is C28H22F3N3O3. The lowest BCUT2D eigenvalue weighted by Gasteiger charge is -2.23. The van der Waals surface area contributed by atoms with Crippen LogP contribution in [0.25, 0.3) is 11.1 Å². The summed E-state index contributed by atoms with van der Waals surface area (Å²) in [6, 6.07) is 21.4. The summed E-state index contributed by atoms with van der Waals surface area (Å²) in [6.07, 6.45) is -1.19. The Hall–Kier alpha value is -4.66. The van der Waals surface area contributed by atoms with Crippen molar-refractivity contribution < 1.29 is 27.9 Å². The number of aromatic nitrogens is 1. The highest BCUT2D eigenvalue weighted by Crippen LogP contribution is 2.30. The van der Waals surface area contributed by atoms with Crippen molar-refractivity contribution in [1.29, 1.82) is 0 Å². The summed E-state index contributed by atoms with van der Waals surface area (Å²) < 4.78 is 38.6. The zero-order valence-electron chi connectivity index (χ0n) is 19.4. The average Bonchev–Trinajstić information content (AvgIpc) is 2.89. The maximum atomic E-state index is 13.1. The number of pyridine rings is 1. The van der Waals surface area contributed by atoms with E-state index in [4.69, 9.17) is 5.11 Å². The average molecular weight is 505 g/mol. The molecule has 0 atom stereocenters. The van der Waals surface area contributed by atoms with Gasteiger partial charge in [0.15, 0.2) is 0 Å². The fraction of sp³-hybridized carbons (Fsp3) is 0.107. The number of nitrogens with zero attached hydrogens (tertiary/aromatic N) is 2. The van der Waals surface area contributed by atoms with Crippen LogP contribution in [-0.2, 0) is 19.3 Å². The second kappa shape index (κ2) is 10.9. The SMILES string of the molecule is O=C(O)c1ccc(-c2ccc(CN(Cc3cccnc3)C(=O)Nc3ccc(C(F)(F)F)cc3)cc2)cc1. The lowest BCUT2D eigenvalue weighted by Crippen LogP contribution is -2.34. The van der Waals surface area contributed by atoms with Gasteiger partial charge in [-0.2, -0.15) is 13.2 Å². The van der Waals surface area contributed by atoms with Gasteiger partial charge in [0, 0.05) is 31.2 Å². The number of carboxylic acid groups (broad SMARTS) is 1. The molecular weight excluding hydrogens is 483 g/mol. The van der Waals surface area contributed by atoms with E-state index in [0.717, 1.165) is 34.4 Å². The minimum Gasteiger partial charge on any atom is -0.478 e. The number of urea groups is 1. The van der Waals surface area contributed by atoms with Gasteiger partial charge in [-0.1, -0.05) is 42.5 Å². The summed E-state index contributed by atoms with van der Waals surface area (Å²) in [7, 11) is 0. The van der Waals surface area contributed by atoms with E-state index >= 15 is 0 Å².